The maximum absolute atomic E-state index is 12.8. The zero-order chi connectivity index (χ0) is 16.3. The number of anilines is 1. The van der Waals surface area contributed by atoms with Crippen LogP contribution in [0.2, 0.25) is 0 Å². The summed E-state index contributed by atoms with van der Waals surface area (Å²) >= 11 is 0. The lowest BCUT2D eigenvalue weighted by Crippen LogP contribution is -2.47. The molecule has 0 aliphatic carbocycles. The molecule has 1 aliphatic rings. The van der Waals surface area contributed by atoms with E-state index < -0.39 is 16.1 Å². The molecule has 1 aromatic rings. The van der Waals surface area contributed by atoms with Crippen molar-refractivity contribution in [2.45, 2.75) is 12.8 Å². The average Bonchev–Trinajstić information content (AvgIpc) is 2.49. The van der Waals surface area contributed by atoms with Gasteiger partial charge in [-0.25, -0.2) is 4.39 Å². The Bertz CT molecular complexity index is 631. The fraction of sp³-hybridized carbons (Fsp3) is 0.500. The molecule has 1 aliphatic heterocycles. The van der Waals surface area contributed by atoms with E-state index in [9.17, 15) is 17.6 Å². The normalized spacial score (nSPS) is 20.1. The van der Waals surface area contributed by atoms with Gasteiger partial charge in [0.05, 0.1) is 5.92 Å². The van der Waals surface area contributed by atoms with Crippen molar-refractivity contribution in [3.05, 3.63) is 30.1 Å². The van der Waals surface area contributed by atoms with Crippen molar-refractivity contribution in [3.8, 4) is 0 Å². The van der Waals surface area contributed by atoms with Gasteiger partial charge in [-0.05, 0) is 37.1 Å². The maximum atomic E-state index is 12.8. The molecule has 1 amide bonds. The number of hydrogen-bond acceptors (Lipinski definition) is 3. The summed E-state index contributed by atoms with van der Waals surface area (Å²) in [6.07, 6.45) is 1.26. The smallest absolute Gasteiger partial charge is 0.281 e. The van der Waals surface area contributed by atoms with Crippen LogP contribution in [-0.2, 0) is 15.0 Å². The number of hydrogen-bond donors (Lipinski definition) is 1. The van der Waals surface area contributed by atoms with Gasteiger partial charge in [0.1, 0.15) is 5.82 Å². The minimum Gasteiger partial charge on any atom is -0.326 e. The molecule has 22 heavy (non-hydrogen) atoms. The number of piperidine rings is 1. The van der Waals surface area contributed by atoms with Gasteiger partial charge in [0.2, 0.25) is 5.91 Å². The first-order valence-corrected chi connectivity index (χ1v) is 8.44. The van der Waals surface area contributed by atoms with E-state index in [-0.39, 0.29) is 18.3 Å². The zero-order valence-corrected chi connectivity index (χ0v) is 13.4. The second kappa shape index (κ2) is 6.72. The summed E-state index contributed by atoms with van der Waals surface area (Å²) in [5.74, 6) is -1.03. The summed E-state index contributed by atoms with van der Waals surface area (Å²) in [5.41, 5.74) is 0.499. The highest BCUT2D eigenvalue weighted by Gasteiger charge is 2.33. The van der Waals surface area contributed by atoms with E-state index in [1.807, 2.05) is 0 Å². The molecule has 0 saturated carbocycles. The molecular weight excluding hydrogens is 309 g/mol. The van der Waals surface area contributed by atoms with E-state index >= 15 is 0 Å². The molecule has 8 heteroatoms. The van der Waals surface area contributed by atoms with Crippen LogP contribution in [0.5, 0.6) is 0 Å². The van der Waals surface area contributed by atoms with E-state index in [2.05, 4.69) is 5.32 Å². The van der Waals surface area contributed by atoms with Gasteiger partial charge in [0.15, 0.2) is 0 Å². The topological polar surface area (TPSA) is 69.7 Å². The average molecular weight is 329 g/mol. The third-order valence-corrected chi connectivity index (χ3v) is 5.56. The summed E-state index contributed by atoms with van der Waals surface area (Å²) in [5, 5.41) is 2.70. The number of halogens is 1. The van der Waals surface area contributed by atoms with Gasteiger partial charge >= 0.3 is 0 Å². The van der Waals surface area contributed by atoms with Crippen LogP contribution in [0.15, 0.2) is 24.3 Å². The number of nitrogens with one attached hydrogen (secondary N) is 1. The number of carbonyl (C=O) groups is 1. The first-order chi connectivity index (χ1) is 10.3. The standard InChI is InChI=1S/C14H20FN3O3S/c1-17(2)22(20,21)18-9-3-4-11(10-18)14(19)16-13-7-5-12(15)6-8-13/h5-8,11H,3-4,9-10H2,1-2H3,(H,16,19)/t11-/m0/s1. The first-order valence-electron chi connectivity index (χ1n) is 7.05. The van der Waals surface area contributed by atoms with Crippen LogP contribution in [0.3, 0.4) is 0 Å². The summed E-state index contributed by atoms with van der Waals surface area (Å²) in [6, 6.07) is 5.48. The molecule has 0 spiro atoms. The number of nitrogens with zero attached hydrogens (tertiary/aromatic N) is 2. The third-order valence-electron chi connectivity index (χ3n) is 3.65. The first kappa shape index (κ1) is 16.9. The van der Waals surface area contributed by atoms with Gasteiger partial charge in [-0.3, -0.25) is 4.79 Å². The monoisotopic (exact) mass is 329 g/mol. The maximum Gasteiger partial charge on any atom is 0.281 e. The van der Waals surface area contributed by atoms with Crippen LogP contribution >= 0.6 is 0 Å². The zero-order valence-electron chi connectivity index (χ0n) is 12.6. The Labute approximate surface area is 130 Å². The molecule has 0 unspecified atom stereocenters. The Hall–Kier alpha value is -1.51. The molecule has 6 nitrogen and oxygen atoms in total. The van der Waals surface area contributed by atoms with Crippen molar-refractivity contribution in [2.75, 3.05) is 32.5 Å². The van der Waals surface area contributed by atoms with Gasteiger partial charge in [0.25, 0.3) is 10.2 Å². The second-order valence-corrected chi connectivity index (χ2v) is 7.63. The van der Waals surface area contributed by atoms with Crippen molar-refractivity contribution >= 4 is 21.8 Å². The molecule has 1 N–H and O–H groups in total. The minimum atomic E-state index is -3.51. The largest absolute Gasteiger partial charge is 0.326 e. The van der Waals surface area contributed by atoms with E-state index in [0.29, 0.717) is 25.1 Å². The lowest BCUT2D eigenvalue weighted by molar-refractivity contribution is -0.120. The fourth-order valence-electron chi connectivity index (χ4n) is 2.37. The predicted octanol–water partition coefficient (Wildman–Crippen LogP) is 1.28. The molecule has 1 saturated heterocycles. The lowest BCUT2D eigenvalue weighted by atomic mass is 9.99. The Kier molecular flexibility index (Phi) is 5.15. The molecule has 0 radical (unpaired) electrons. The van der Waals surface area contributed by atoms with Gasteiger partial charge < -0.3 is 5.32 Å². The third kappa shape index (κ3) is 3.82. The van der Waals surface area contributed by atoms with Gasteiger partial charge in [0, 0.05) is 32.9 Å². The highest BCUT2D eigenvalue weighted by atomic mass is 32.2. The van der Waals surface area contributed by atoms with Crippen molar-refractivity contribution in [2.24, 2.45) is 5.92 Å². The molecule has 1 heterocycles. The summed E-state index contributed by atoms with van der Waals surface area (Å²) in [6.45, 7) is 0.578. The second-order valence-electron chi connectivity index (χ2n) is 5.48. The van der Waals surface area contributed by atoms with Crippen molar-refractivity contribution in [1.82, 2.24) is 8.61 Å². The van der Waals surface area contributed by atoms with Gasteiger partial charge in [-0.15, -0.1) is 0 Å². The molecule has 1 atom stereocenters. The quantitative estimate of drug-likeness (QED) is 0.905. The Morgan fingerprint density at radius 2 is 1.95 bits per heavy atom. The van der Waals surface area contributed by atoms with Crippen LogP contribution < -0.4 is 5.32 Å². The lowest BCUT2D eigenvalue weighted by Gasteiger charge is -2.32. The van der Waals surface area contributed by atoms with E-state index in [0.717, 1.165) is 4.31 Å². The molecule has 2 rings (SSSR count). The van der Waals surface area contributed by atoms with E-state index in [1.165, 1.54) is 42.7 Å². The van der Waals surface area contributed by atoms with Crippen molar-refractivity contribution < 1.29 is 17.6 Å². The van der Waals surface area contributed by atoms with Crippen molar-refractivity contribution in [3.63, 3.8) is 0 Å². The SMILES string of the molecule is CN(C)S(=O)(=O)N1CCC[C@H](C(=O)Nc2ccc(F)cc2)C1. The van der Waals surface area contributed by atoms with E-state index in [4.69, 9.17) is 0 Å². The predicted molar refractivity (Wildman–Crippen MR) is 81.9 cm³/mol. The number of benzene rings is 1. The summed E-state index contributed by atoms with van der Waals surface area (Å²) in [4.78, 5) is 12.3. The van der Waals surface area contributed by atoms with Gasteiger partial charge in [-0.1, -0.05) is 0 Å². The van der Waals surface area contributed by atoms with Crippen LogP contribution in [0.25, 0.3) is 0 Å². The van der Waals surface area contributed by atoms with Crippen molar-refractivity contribution in [1.29, 1.82) is 0 Å². The van der Waals surface area contributed by atoms with Crippen LogP contribution in [-0.4, -0.2) is 50.1 Å². The highest BCUT2D eigenvalue weighted by Crippen LogP contribution is 2.22. The molecule has 1 aromatic carbocycles. The Morgan fingerprint density at radius 3 is 2.55 bits per heavy atom. The molecule has 0 bridgehead atoms. The number of carbonyl (C=O) groups excluding carboxylic acids is 1. The number of rotatable bonds is 4. The Morgan fingerprint density at radius 1 is 1.32 bits per heavy atom. The highest BCUT2D eigenvalue weighted by molar-refractivity contribution is 7.86. The molecule has 0 aromatic heterocycles. The van der Waals surface area contributed by atoms with Crippen LogP contribution in [0.4, 0.5) is 10.1 Å². The summed E-state index contributed by atoms with van der Waals surface area (Å²) < 4.78 is 39.6. The Balaban J connectivity index is 2.03. The minimum absolute atomic E-state index is 0.160. The van der Waals surface area contributed by atoms with Gasteiger partial charge in [-0.2, -0.15) is 17.0 Å². The number of amides is 1. The molecule has 122 valence electrons. The molecular formula is C14H20FN3O3S. The van der Waals surface area contributed by atoms with Crippen LogP contribution in [0.1, 0.15) is 12.8 Å². The summed E-state index contributed by atoms with van der Waals surface area (Å²) in [7, 11) is -0.568. The van der Waals surface area contributed by atoms with E-state index in [1.54, 1.807) is 0 Å². The fourth-order valence-corrected chi connectivity index (χ4v) is 3.56. The molecule has 1 fully saturated rings. The van der Waals surface area contributed by atoms with Crippen LogP contribution in [0, 0.1) is 11.7 Å².